The number of thioether (sulfide) groups is 1. The molecule has 0 aliphatic heterocycles. The van der Waals surface area contributed by atoms with Crippen LogP contribution in [0.25, 0.3) is 10.9 Å². The van der Waals surface area contributed by atoms with E-state index in [1.54, 1.807) is 14.0 Å². The molecular weight excluding hydrogens is 444 g/mol. The first-order valence-corrected chi connectivity index (χ1v) is 12.5. The summed E-state index contributed by atoms with van der Waals surface area (Å²) in [7, 11) is 1.63. The third-order valence-corrected chi connectivity index (χ3v) is 7.58. The minimum atomic E-state index is -0.353. The summed E-state index contributed by atoms with van der Waals surface area (Å²) < 4.78 is 10.7. The van der Waals surface area contributed by atoms with Gasteiger partial charge in [-0.1, -0.05) is 23.9 Å². The molecule has 0 saturated carbocycles. The fourth-order valence-corrected chi connectivity index (χ4v) is 6.04. The monoisotopic (exact) mass is 470 g/mol. The second kappa shape index (κ2) is 9.92. The zero-order chi connectivity index (χ0) is 22.7. The molecule has 0 atom stereocenters. The summed E-state index contributed by atoms with van der Waals surface area (Å²) in [5, 5.41) is 5.34. The van der Waals surface area contributed by atoms with Gasteiger partial charge in [-0.15, -0.1) is 11.3 Å². The van der Waals surface area contributed by atoms with Crippen molar-refractivity contribution in [2.75, 3.05) is 24.8 Å². The maximum atomic E-state index is 12.8. The number of benzene rings is 1. The molecule has 0 fully saturated rings. The van der Waals surface area contributed by atoms with Gasteiger partial charge in [0, 0.05) is 10.3 Å². The molecule has 1 N–H and O–H groups in total. The van der Waals surface area contributed by atoms with E-state index in [4.69, 9.17) is 14.5 Å². The Morgan fingerprint density at radius 3 is 2.84 bits per heavy atom. The maximum absolute atomic E-state index is 12.8. The lowest BCUT2D eigenvalue weighted by molar-refractivity contribution is -0.113. The van der Waals surface area contributed by atoms with Crippen molar-refractivity contribution >= 4 is 50.9 Å². The SMILES string of the molecule is CCOC(=O)c1c(NC(=O)CSc2cc(C)c3cccc(OC)c3n2)sc2c1CCCC2. The summed E-state index contributed by atoms with van der Waals surface area (Å²) in [4.78, 5) is 31.2. The highest BCUT2D eigenvalue weighted by atomic mass is 32.2. The minimum absolute atomic E-state index is 0.168. The summed E-state index contributed by atoms with van der Waals surface area (Å²) in [6.07, 6.45) is 3.96. The largest absolute Gasteiger partial charge is 0.494 e. The minimum Gasteiger partial charge on any atom is -0.494 e. The van der Waals surface area contributed by atoms with Crippen LogP contribution in [0.1, 0.15) is 46.1 Å². The first-order chi connectivity index (χ1) is 15.5. The maximum Gasteiger partial charge on any atom is 0.341 e. The number of anilines is 1. The van der Waals surface area contributed by atoms with Crippen molar-refractivity contribution in [1.82, 2.24) is 4.98 Å². The molecule has 2 aromatic heterocycles. The van der Waals surface area contributed by atoms with Crippen LogP contribution in [0.15, 0.2) is 29.3 Å². The number of amides is 1. The lowest BCUT2D eigenvalue weighted by Crippen LogP contribution is -2.17. The van der Waals surface area contributed by atoms with Crippen molar-refractivity contribution in [2.45, 2.75) is 44.6 Å². The number of rotatable bonds is 7. The standard InChI is InChI=1S/C24H26N2O4S2/c1-4-30-24(28)21-16-8-5-6-11-18(16)32-23(21)25-19(27)13-31-20-12-14(2)15-9-7-10-17(29-3)22(15)26-20/h7,9-10,12H,4-6,8,11,13H2,1-3H3,(H,25,27). The summed E-state index contributed by atoms with van der Waals surface area (Å²) in [6, 6.07) is 7.81. The molecule has 2 heterocycles. The van der Waals surface area contributed by atoms with Gasteiger partial charge in [-0.2, -0.15) is 0 Å². The normalized spacial score (nSPS) is 13.0. The number of carbonyl (C=O) groups is 2. The van der Waals surface area contributed by atoms with Crippen molar-refractivity contribution in [1.29, 1.82) is 0 Å². The van der Waals surface area contributed by atoms with E-state index in [9.17, 15) is 9.59 Å². The first kappa shape index (κ1) is 22.6. The van der Waals surface area contributed by atoms with E-state index in [1.165, 1.54) is 28.0 Å². The van der Waals surface area contributed by atoms with Crippen LogP contribution in [0.3, 0.4) is 0 Å². The third-order valence-electron chi connectivity index (χ3n) is 5.46. The van der Waals surface area contributed by atoms with Gasteiger partial charge < -0.3 is 14.8 Å². The lowest BCUT2D eigenvalue weighted by atomic mass is 9.95. The van der Waals surface area contributed by atoms with Crippen molar-refractivity contribution in [2.24, 2.45) is 0 Å². The summed E-state index contributed by atoms with van der Waals surface area (Å²) in [5.41, 5.74) is 3.44. The van der Waals surface area contributed by atoms with E-state index in [0.29, 0.717) is 22.9 Å². The van der Waals surface area contributed by atoms with Gasteiger partial charge in [-0.25, -0.2) is 9.78 Å². The van der Waals surface area contributed by atoms with Gasteiger partial charge in [0.2, 0.25) is 5.91 Å². The van der Waals surface area contributed by atoms with E-state index in [2.05, 4.69) is 5.32 Å². The molecule has 0 spiro atoms. The Morgan fingerprint density at radius 1 is 1.25 bits per heavy atom. The van der Waals surface area contributed by atoms with Crippen LogP contribution in [0, 0.1) is 6.92 Å². The molecule has 4 rings (SSSR count). The Morgan fingerprint density at radius 2 is 2.06 bits per heavy atom. The Kier molecular flexibility index (Phi) is 7.01. The molecule has 3 aromatic rings. The Bertz CT molecular complexity index is 1170. The number of esters is 1. The molecule has 32 heavy (non-hydrogen) atoms. The smallest absolute Gasteiger partial charge is 0.341 e. The molecule has 0 radical (unpaired) electrons. The highest BCUT2D eigenvalue weighted by molar-refractivity contribution is 7.99. The van der Waals surface area contributed by atoms with Crippen LogP contribution in [-0.2, 0) is 22.4 Å². The van der Waals surface area contributed by atoms with Crippen LogP contribution in [0.5, 0.6) is 5.75 Å². The molecule has 8 heteroatoms. The average Bonchev–Trinajstić information content (AvgIpc) is 3.15. The highest BCUT2D eigenvalue weighted by Gasteiger charge is 2.27. The number of thiophene rings is 1. The van der Waals surface area contributed by atoms with Crippen molar-refractivity contribution in [3.8, 4) is 5.75 Å². The molecule has 1 aliphatic rings. The van der Waals surface area contributed by atoms with Crippen molar-refractivity contribution in [3.05, 3.63) is 45.8 Å². The molecule has 0 bridgehead atoms. The van der Waals surface area contributed by atoms with Crippen LogP contribution >= 0.6 is 23.1 Å². The fraction of sp³-hybridized carbons (Fsp3) is 0.375. The molecule has 1 aliphatic carbocycles. The Balaban J connectivity index is 1.51. The molecule has 1 aromatic carbocycles. The number of hydrogen-bond donors (Lipinski definition) is 1. The molecular formula is C24H26N2O4S2. The second-order valence-electron chi connectivity index (χ2n) is 7.61. The number of nitrogens with zero attached hydrogens (tertiary/aromatic N) is 1. The van der Waals surface area contributed by atoms with Gasteiger partial charge in [-0.3, -0.25) is 4.79 Å². The number of fused-ring (bicyclic) bond motifs is 2. The van der Waals surface area contributed by atoms with Crippen LogP contribution in [0.4, 0.5) is 5.00 Å². The predicted molar refractivity (Wildman–Crippen MR) is 129 cm³/mol. The first-order valence-electron chi connectivity index (χ1n) is 10.7. The highest BCUT2D eigenvalue weighted by Crippen LogP contribution is 2.39. The van der Waals surface area contributed by atoms with Crippen molar-refractivity contribution < 1.29 is 19.1 Å². The van der Waals surface area contributed by atoms with Gasteiger partial charge in [0.25, 0.3) is 0 Å². The molecule has 6 nitrogen and oxygen atoms in total. The van der Waals surface area contributed by atoms with E-state index >= 15 is 0 Å². The topological polar surface area (TPSA) is 77.5 Å². The second-order valence-corrected chi connectivity index (χ2v) is 9.71. The molecule has 1 amide bonds. The number of para-hydroxylation sites is 1. The molecule has 0 unspecified atom stereocenters. The van der Waals surface area contributed by atoms with Gasteiger partial charge in [0.15, 0.2) is 0 Å². The van der Waals surface area contributed by atoms with E-state index in [-0.39, 0.29) is 17.6 Å². The van der Waals surface area contributed by atoms with Gasteiger partial charge in [-0.05, 0) is 62.8 Å². The summed E-state index contributed by atoms with van der Waals surface area (Å²) in [5.74, 6) is 0.381. The lowest BCUT2D eigenvalue weighted by Gasteiger charge is -2.12. The number of aryl methyl sites for hydroxylation is 2. The fourth-order valence-electron chi connectivity index (χ4n) is 3.98. The molecule has 0 saturated heterocycles. The van der Waals surface area contributed by atoms with Gasteiger partial charge in [0.1, 0.15) is 16.3 Å². The Labute approximate surface area is 195 Å². The predicted octanol–water partition coefficient (Wildman–Crippen LogP) is 5.40. The number of methoxy groups -OCH3 is 1. The van der Waals surface area contributed by atoms with Crippen LogP contribution in [-0.4, -0.2) is 36.3 Å². The van der Waals surface area contributed by atoms with E-state index < -0.39 is 0 Å². The van der Waals surface area contributed by atoms with Crippen LogP contribution < -0.4 is 10.1 Å². The quantitative estimate of drug-likeness (QED) is 0.368. The zero-order valence-corrected chi connectivity index (χ0v) is 20.1. The number of ether oxygens (including phenoxy) is 2. The number of aromatic nitrogens is 1. The summed E-state index contributed by atoms with van der Waals surface area (Å²) >= 11 is 2.87. The zero-order valence-electron chi connectivity index (χ0n) is 18.4. The van der Waals surface area contributed by atoms with Gasteiger partial charge in [0.05, 0.1) is 30.1 Å². The number of carbonyl (C=O) groups excluding carboxylic acids is 2. The number of hydrogen-bond acceptors (Lipinski definition) is 7. The number of pyridine rings is 1. The number of nitrogens with one attached hydrogen (secondary N) is 1. The average molecular weight is 471 g/mol. The van der Waals surface area contributed by atoms with E-state index in [1.807, 2.05) is 31.2 Å². The van der Waals surface area contributed by atoms with Crippen LogP contribution in [0.2, 0.25) is 0 Å². The van der Waals surface area contributed by atoms with Gasteiger partial charge >= 0.3 is 5.97 Å². The Hall–Kier alpha value is -2.58. The third kappa shape index (κ3) is 4.61. The molecule has 168 valence electrons. The summed E-state index contributed by atoms with van der Waals surface area (Å²) in [6.45, 7) is 4.12. The van der Waals surface area contributed by atoms with Crippen molar-refractivity contribution in [3.63, 3.8) is 0 Å². The van der Waals surface area contributed by atoms with E-state index in [0.717, 1.165) is 52.7 Å².